The molecule has 0 fully saturated rings. The minimum atomic E-state index is -0.364. The summed E-state index contributed by atoms with van der Waals surface area (Å²) in [5.41, 5.74) is 1.46. The number of hydrazone groups is 1. The van der Waals surface area contributed by atoms with Crippen molar-refractivity contribution >= 4 is 22.6 Å². The van der Waals surface area contributed by atoms with Crippen molar-refractivity contribution < 1.29 is 18.0 Å². The van der Waals surface area contributed by atoms with Crippen LogP contribution >= 0.6 is 0 Å². The number of hydrogen-bond acceptors (Lipinski definition) is 7. The van der Waals surface area contributed by atoms with Crippen LogP contribution in [-0.4, -0.2) is 34.6 Å². The van der Waals surface area contributed by atoms with E-state index in [4.69, 9.17) is 18.5 Å². The second-order valence-corrected chi connectivity index (χ2v) is 7.87. The molecule has 166 valence electrons. The Hall–Kier alpha value is -4.09. The zero-order valence-corrected chi connectivity index (χ0v) is 17.9. The van der Waals surface area contributed by atoms with Gasteiger partial charge in [-0.3, -0.25) is 9.69 Å². The highest BCUT2D eigenvalue weighted by atomic mass is 16.3. The van der Waals surface area contributed by atoms with E-state index in [-0.39, 0.29) is 18.5 Å². The van der Waals surface area contributed by atoms with Crippen LogP contribution < -0.4 is 0 Å². The lowest BCUT2D eigenvalue weighted by atomic mass is 10.1. The standard InChI is InChI=1S/C25H22N4O4/c26-10-5-11-28(16-19-7-3-12-31-19)17-25(30)29-21(23-9-4-13-32-23)15-20(27-29)24-14-18-6-1-2-8-22(18)33-24/h1-4,6-9,12-14,21H,5,11,15-17H2. The van der Waals surface area contributed by atoms with Crippen LogP contribution in [0, 0.1) is 11.3 Å². The van der Waals surface area contributed by atoms with Gasteiger partial charge in [-0.25, -0.2) is 5.01 Å². The van der Waals surface area contributed by atoms with Crippen LogP contribution in [0.4, 0.5) is 0 Å². The maximum atomic E-state index is 13.4. The molecule has 4 aromatic rings. The van der Waals surface area contributed by atoms with Gasteiger partial charge in [0.1, 0.15) is 28.9 Å². The second-order valence-electron chi connectivity index (χ2n) is 7.87. The van der Waals surface area contributed by atoms with Gasteiger partial charge in [0.2, 0.25) is 0 Å². The van der Waals surface area contributed by atoms with Crippen LogP contribution in [0.3, 0.4) is 0 Å². The Labute approximate surface area is 190 Å². The molecule has 0 spiro atoms. The third-order valence-corrected chi connectivity index (χ3v) is 5.61. The molecule has 0 N–H and O–H groups in total. The van der Waals surface area contributed by atoms with Crippen molar-refractivity contribution in [1.29, 1.82) is 5.26 Å². The van der Waals surface area contributed by atoms with Gasteiger partial charge in [0.25, 0.3) is 5.91 Å². The zero-order chi connectivity index (χ0) is 22.6. The Morgan fingerprint density at radius 2 is 2.00 bits per heavy atom. The summed E-state index contributed by atoms with van der Waals surface area (Å²) < 4.78 is 17.0. The maximum Gasteiger partial charge on any atom is 0.257 e. The van der Waals surface area contributed by atoms with E-state index >= 15 is 0 Å². The van der Waals surface area contributed by atoms with E-state index in [0.717, 1.165) is 16.7 Å². The Kier molecular flexibility index (Phi) is 5.79. The van der Waals surface area contributed by atoms with Gasteiger partial charge >= 0.3 is 0 Å². The fourth-order valence-electron chi connectivity index (χ4n) is 4.02. The van der Waals surface area contributed by atoms with Crippen LogP contribution in [0.1, 0.15) is 36.2 Å². The molecule has 1 unspecified atom stereocenters. The van der Waals surface area contributed by atoms with E-state index in [2.05, 4.69) is 11.2 Å². The minimum Gasteiger partial charge on any atom is -0.468 e. The number of fused-ring (bicyclic) bond motifs is 1. The van der Waals surface area contributed by atoms with E-state index < -0.39 is 0 Å². The molecular formula is C25H22N4O4. The Morgan fingerprint density at radius 3 is 2.76 bits per heavy atom. The largest absolute Gasteiger partial charge is 0.468 e. The molecule has 0 radical (unpaired) electrons. The second kappa shape index (κ2) is 9.18. The molecule has 0 saturated carbocycles. The molecule has 0 aliphatic carbocycles. The van der Waals surface area contributed by atoms with Crippen LogP contribution in [0.15, 0.2) is 85.5 Å². The van der Waals surface area contributed by atoms with Crippen molar-refractivity contribution in [3.63, 3.8) is 0 Å². The molecule has 8 heteroatoms. The van der Waals surface area contributed by atoms with Gasteiger partial charge < -0.3 is 13.3 Å². The minimum absolute atomic E-state index is 0.0937. The van der Waals surface area contributed by atoms with Crippen molar-refractivity contribution in [3.8, 4) is 6.07 Å². The van der Waals surface area contributed by atoms with Gasteiger partial charge in [-0.1, -0.05) is 18.2 Å². The number of amides is 1. The number of rotatable bonds is 8. The van der Waals surface area contributed by atoms with Crippen LogP contribution in [-0.2, 0) is 11.3 Å². The summed E-state index contributed by atoms with van der Waals surface area (Å²) >= 11 is 0. The average molecular weight is 442 g/mol. The van der Waals surface area contributed by atoms with E-state index in [9.17, 15) is 4.79 Å². The molecule has 5 rings (SSSR count). The number of hydrogen-bond donors (Lipinski definition) is 0. The highest BCUT2D eigenvalue weighted by Crippen LogP contribution is 2.34. The highest BCUT2D eigenvalue weighted by molar-refractivity contribution is 6.03. The molecule has 1 atom stereocenters. The Balaban J connectivity index is 1.40. The van der Waals surface area contributed by atoms with Crippen molar-refractivity contribution in [2.45, 2.75) is 25.4 Å². The zero-order valence-electron chi connectivity index (χ0n) is 17.9. The number of benzene rings is 1. The number of furan rings is 3. The van der Waals surface area contributed by atoms with E-state index in [1.807, 2.05) is 47.4 Å². The molecule has 1 amide bonds. The summed E-state index contributed by atoms with van der Waals surface area (Å²) in [5, 5.41) is 16.1. The van der Waals surface area contributed by atoms with Crippen LogP contribution in [0.2, 0.25) is 0 Å². The molecule has 3 aromatic heterocycles. The molecular weight excluding hydrogens is 420 g/mol. The Morgan fingerprint density at radius 1 is 1.15 bits per heavy atom. The predicted octanol–water partition coefficient (Wildman–Crippen LogP) is 4.71. The summed E-state index contributed by atoms with van der Waals surface area (Å²) in [6.45, 7) is 0.971. The van der Waals surface area contributed by atoms with Crippen LogP contribution in [0.5, 0.6) is 0 Å². The van der Waals surface area contributed by atoms with Gasteiger partial charge in [-0.2, -0.15) is 10.4 Å². The predicted molar refractivity (Wildman–Crippen MR) is 120 cm³/mol. The normalized spacial score (nSPS) is 15.8. The number of carbonyl (C=O) groups is 1. The topological polar surface area (TPSA) is 99.1 Å². The first kappa shape index (κ1) is 20.8. The molecule has 33 heavy (non-hydrogen) atoms. The highest BCUT2D eigenvalue weighted by Gasteiger charge is 2.36. The average Bonchev–Trinajstić information content (AvgIpc) is 3.61. The molecule has 1 aromatic carbocycles. The first-order valence-corrected chi connectivity index (χ1v) is 10.7. The first-order chi connectivity index (χ1) is 16.2. The molecule has 0 bridgehead atoms. The van der Waals surface area contributed by atoms with Crippen molar-refractivity contribution in [2.24, 2.45) is 5.10 Å². The van der Waals surface area contributed by atoms with Crippen molar-refractivity contribution in [2.75, 3.05) is 13.1 Å². The SMILES string of the molecule is N#CCCN(CC(=O)N1N=C(c2cc3ccccc3o2)CC1c1ccco1)Cc1ccco1. The summed E-state index contributed by atoms with van der Waals surface area (Å²) in [6.07, 6.45) is 3.98. The number of carbonyl (C=O) groups excluding carboxylic acids is 1. The molecule has 1 aliphatic rings. The van der Waals surface area contributed by atoms with Crippen molar-refractivity contribution in [1.82, 2.24) is 9.91 Å². The molecule has 8 nitrogen and oxygen atoms in total. The third kappa shape index (κ3) is 4.45. The number of nitriles is 1. The van der Waals surface area contributed by atoms with Crippen LogP contribution in [0.25, 0.3) is 11.0 Å². The summed E-state index contributed by atoms with van der Waals surface area (Å²) in [6, 6.07) is 18.8. The van der Waals surface area contributed by atoms with Gasteiger partial charge in [0, 0.05) is 24.8 Å². The quantitative estimate of drug-likeness (QED) is 0.392. The van der Waals surface area contributed by atoms with E-state index in [1.165, 1.54) is 5.01 Å². The first-order valence-electron chi connectivity index (χ1n) is 10.7. The number of para-hydroxylation sites is 1. The summed E-state index contributed by atoms with van der Waals surface area (Å²) in [7, 11) is 0. The van der Waals surface area contributed by atoms with Gasteiger partial charge in [0.05, 0.1) is 31.7 Å². The van der Waals surface area contributed by atoms with Crippen molar-refractivity contribution in [3.05, 3.63) is 84.4 Å². The van der Waals surface area contributed by atoms with Gasteiger partial charge in [-0.15, -0.1) is 0 Å². The molecule has 4 heterocycles. The monoisotopic (exact) mass is 442 g/mol. The molecule has 0 saturated heterocycles. The lowest BCUT2D eigenvalue weighted by Gasteiger charge is -2.24. The fourth-order valence-corrected chi connectivity index (χ4v) is 4.02. The lowest BCUT2D eigenvalue weighted by Crippen LogP contribution is -2.38. The van der Waals surface area contributed by atoms with Gasteiger partial charge in [0.15, 0.2) is 5.76 Å². The summed E-state index contributed by atoms with van der Waals surface area (Å²) in [5.74, 6) is 1.84. The van der Waals surface area contributed by atoms with Gasteiger partial charge in [-0.05, 0) is 36.4 Å². The third-order valence-electron chi connectivity index (χ3n) is 5.61. The fraction of sp³-hybridized carbons (Fsp3) is 0.240. The van der Waals surface area contributed by atoms with E-state index in [0.29, 0.717) is 43.2 Å². The smallest absolute Gasteiger partial charge is 0.257 e. The van der Waals surface area contributed by atoms with E-state index in [1.54, 1.807) is 24.7 Å². The maximum absolute atomic E-state index is 13.4. The number of nitrogens with zero attached hydrogens (tertiary/aromatic N) is 4. The lowest BCUT2D eigenvalue weighted by molar-refractivity contribution is -0.134. The Bertz CT molecular complexity index is 1260. The summed E-state index contributed by atoms with van der Waals surface area (Å²) in [4.78, 5) is 15.3. The molecule has 1 aliphatic heterocycles.